The van der Waals surface area contributed by atoms with Gasteiger partial charge in [-0.2, -0.15) is 5.26 Å². The fraction of sp³-hybridized carbons (Fsp3) is 0.400. The third kappa shape index (κ3) is 4.59. The molecule has 1 heterocycles. The zero-order valence-corrected chi connectivity index (χ0v) is 9.03. The van der Waals surface area contributed by atoms with Crippen LogP contribution in [0.3, 0.4) is 0 Å². The number of alkyl halides is 3. The number of anilines is 1. The Balaban J connectivity index is 2.65. The van der Waals surface area contributed by atoms with E-state index in [1.807, 2.05) is 6.07 Å². The summed E-state index contributed by atoms with van der Waals surface area (Å²) in [6.45, 7) is 0.461. The van der Waals surface area contributed by atoms with E-state index >= 15 is 0 Å². The highest BCUT2D eigenvalue weighted by Gasteiger charge is 2.31. The first kappa shape index (κ1) is 13.1. The standard InChI is InChI=1S/C10H10F3N3O/c1-16(6-2-5-14)9-4-3-8(7-15-9)17-10(11,12)13/h3-4,7H,2,6H2,1H3. The molecule has 0 atom stereocenters. The van der Waals surface area contributed by atoms with Gasteiger partial charge in [0.1, 0.15) is 11.6 Å². The fourth-order valence-electron chi connectivity index (χ4n) is 1.12. The van der Waals surface area contributed by atoms with Gasteiger partial charge in [-0.25, -0.2) is 4.98 Å². The van der Waals surface area contributed by atoms with E-state index in [1.54, 1.807) is 11.9 Å². The summed E-state index contributed by atoms with van der Waals surface area (Å²) < 4.78 is 39.3. The molecule has 1 rings (SSSR count). The quantitative estimate of drug-likeness (QED) is 0.816. The highest BCUT2D eigenvalue weighted by atomic mass is 19.4. The molecule has 0 amide bonds. The van der Waals surface area contributed by atoms with Crippen molar-refractivity contribution in [3.8, 4) is 11.8 Å². The first-order valence-electron chi connectivity index (χ1n) is 4.72. The van der Waals surface area contributed by atoms with Crippen molar-refractivity contribution in [3.05, 3.63) is 18.3 Å². The minimum absolute atomic E-state index is 0.318. The topological polar surface area (TPSA) is 49.2 Å². The highest BCUT2D eigenvalue weighted by molar-refractivity contribution is 5.39. The molecule has 4 nitrogen and oxygen atoms in total. The minimum atomic E-state index is -4.71. The number of nitriles is 1. The maximum atomic E-state index is 11.9. The van der Waals surface area contributed by atoms with Crippen LogP contribution >= 0.6 is 0 Å². The van der Waals surface area contributed by atoms with Crippen LogP contribution in [0.5, 0.6) is 5.75 Å². The lowest BCUT2D eigenvalue weighted by Gasteiger charge is -2.16. The van der Waals surface area contributed by atoms with Crippen LogP contribution in [0.4, 0.5) is 19.0 Å². The van der Waals surface area contributed by atoms with E-state index in [0.29, 0.717) is 18.8 Å². The lowest BCUT2D eigenvalue weighted by Crippen LogP contribution is -2.20. The maximum absolute atomic E-state index is 11.9. The van der Waals surface area contributed by atoms with E-state index in [2.05, 4.69) is 9.72 Å². The Morgan fingerprint density at radius 3 is 2.65 bits per heavy atom. The molecule has 0 aliphatic carbocycles. The normalized spacial score (nSPS) is 10.8. The van der Waals surface area contributed by atoms with Crippen LogP contribution in [-0.4, -0.2) is 24.9 Å². The molecule has 0 spiro atoms. The molecule has 92 valence electrons. The molecule has 17 heavy (non-hydrogen) atoms. The summed E-state index contributed by atoms with van der Waals surface area (Å²) in [7, 11) is 1.70. The van der Waals surface area contributed by atoms with Crippen molar-refractivity contribution in [2.45, 2.75) is 12.8 Å². The summed E-state index contributed by atoms with van der Waals surface area (Å²) >= 11 is 0. The van der Waals surface area contributed by atoms with Crippen molar-refractivity contribution in [2.24, 2.45) is 0 Å². The van der Waals surface area contributed by atoms with Gasteiger partial charge in [-0.05, 0) is 12.1 Å². The third-order valence-corrected chi connectivity index (χ3v) is 1.90. The number of aromatic nitrogens is 1. The molecular weight excluding hydrogens is 235 g/mol. The fourth-order valence-corrected chi connectivity index (χ4v) is 1.12. The Morgan fingerprint density at radius 2 is 2.18 bits per heavy atom. The number of rotatable bonds is 4. The first-order valence-corrected chi connectivity index (χ1v) is 4.72. The lowest BCUT2D eigenvalue weighted by molar-refractivity contribution is -0.274. The van der Waals surface area contributed by atoms with Crippen molar-refractivity contribution >= 4 is 5.82 Å². The molecule has 0 unspecified atom stereocenters. The van der Waals surface area contributed by atoms with Crippen LogP contribution in [-0.2, 0) is 0 Å². The second-order valence-electron chi connectivity index (χ2n) is 3.23. The van der Waals surface area contributed by atoms with E-state index in [4.69, 9.17) is 5.26 Å². The number of pyridine rings is 1. The number of hydrogen-bond acceptors (Lipinski definition) is 4. The van der Waals surface area contributed by atoms with Crippen LogP contribution < -0.4 is 9.64 Å². The Labute approximate surface area is 96.2 Å². The van der Waals surface area contributed by atoms with Gasteiger partial charge in [0.2, 0.25) is 0 Å². The monoisotopic (exact) mass is 245 g/mol. The first-order chi connectivity index (χ1) is 7.92. The molecule has 0 aliphatic heterocycles. The number of halogens is 3. The molecule has 1 aromatic heterocycles. The zero-order chi connectivity index (χ0) is 12.9. The Bertz CT molecular complexity index is 397. The van der Waals surface area contributed by atoms with Crippen molar-refractivity contribution in [3.63, 3.8) is 0 Å². The lowest BCUT2D eigenvalue weighted by atomic mass is 10.4. The van der Waals surface area contributed by atoms with Crippen LogP contribution in [0.25, 0.3) is 0 Å². The summed E-state index contributed by atoms with van der Waals surface area (Å²) in [5.41, 5.74) is 0. The van der Waals surface area contributed by atoms with Crippen molar-refractivity contribution in [1.82, 2.24) is 4.98 Å². The third-order valence-electron chi connectivity index (χ3n) is 1.90. The summed E-state index contributed by atoms with van der Waals surface area (Å²) in [5, 5.41) is 8.39. The Kier molecular flexibility index (Phi) is 4.15. The average molecular weight is 245 g/mol. The predicted molar refractivity (Wildman–Crippen MR) is 54.4 cm³/mol. The van der Waals surface area contributed by atoms with Crippen LogP contribution in [0.1, 0.15) is 6.42 Å². The minimum Gasteiger partial charge on any atom is -0.404 e. The second kappa shape index (κ2) is 5.39. The number of nitrogens with zero attached hydrogens (tertiary/aromatic N) is 3. The second-order valence-corrected chi connectivity index (χ2v) is 3.23. The van der Waals surface area contributed by atoms with E-state index in [9.17, 15) is 13.2 Å². The van der Waals surface area contributed by atoms with Crippen molar-refractivity contribution in [1.29, 1.82) is 5.26 Å². The summed E-state index contributed by atoms with van der Waals surface area (Å²) in [4.78, 5) is 5.47. The van der Waals surface area contributed by atoms with Gasteiger partial charge in [0.05, 0.1) is 18.7 Å². The summed E-state index contributed by atoms with van der Waals surface area (Å²) in [6.07, 6.45) is -3.40. The highest BCUT2D eigenvalue weighted by Crippen LogP contribution is 2.23. The molecule has 0 aromatic carbocycles. The number of hydrogen-bond donors (Lipinski definition) is 0. The van der Waals surface area contributed by atoms with Gasteiger partial charge in [-0.3, -0.25) is 0 Å². The molecule has 0 fully saturated rings. The largest absolute Gasteiger partial charge is 0.573 e. The van der Waals surface area contributed by atoms with Gasteiger partial charge in [-0.1, -0.05) is 0 Å². The Morgan fingerprint density at radius 1 is 1.47 bits per heavy atom. The molecule has 0 saturated carbocycles. The van der Waals surface area contributed by atoms with Crippen molar-refractivity contribution in [2.75, 3.05) is 18.5 Å². The van der Waals surface area contributed by atoms with Gasteiger partial charge < -0.3 is 9.64 Å². The Hall–Kier alpha value is -1.97. The molecule has 0 aliphatic rings. The van der Waals surface area contributed by atoms with Crippen LogP contribution in [0.2, 0.25) is 0 Å². The van der Waals surface area contributed by atoms with Gasteiger partial charge in [0.15, 0.2) is 0 Å². The predicted octanol–water partition coefficient (Wildman–Crippen LogP) is 2.33. The number of ether oxygens (including phenoxy) is 1. The average Bonchev–Trinajstić information content (AvgIpc) is 2.24. The molecule has 7 heteroatoms. The molecule has 0 saturated heterocycles. The van der Waals surface area contributed by atoms with Crippen molar-refractivity contribution < 1.29 is 17.9 Å². The van der Waals surface area contributed by atoms with Crippen LogP contribution in [0.15, 0.2) is 18.3 Å². The molecule has 1 aromatic rings. The van der Waals surface area contributed by atoms with E-state index in [0.717, 1.165) is 6.20 Å². The van der Waals surface area contributed by atoms with Crippen LogP contribution in [0, 0.1) is 11.3 Å². The van der Waals surface area contributed by atoms with Gasteiger partial charge >= 0.3 is 6.36 Å². The maximum Gasteiger partial charge on any atom is 0.573 e. The smallest absolute Gasteiger partial charge is 0.404 e. The SMILES string of the molecule is CN(CCC#N)c1ccc(OC(F)(F)F)cn1. The summed E-state index contributed by atoms with van der Waals surface area (Å²) in [6, 6.07) is 4.55. The van der Waals surface area contributed by atoms with E-state index in [1.165, 1.54) is 12.1 Å². The van der Waals surface area contributed by atoms with Gasteiger partial charge in [0.25, 0.3) is 0 Å². The van der Waals surface area contributed by atoms with E-state index in [-0.39, 0.29) is 5.75 Å². The van der Waals surface area contributed by atoms with Gasteiger partial charge in [-0.15, -0.1) is 13.2 Å². The van der Waals surface area contributed by atoms with Gasteiger partial charge in [0, 0.05) is 13.6 Å². The molecule has 0 bridgehead atoms. The van der Waals surface area contributed by atoms with E-state index < -0.39 is 6.36 Å². The summed E-state index contributed by atoms with van der Waals surface area (Å²) in [5.74, 6) is 0.115. The molecule has 0 radical (unpaired) electrons. The zero-order valence-electron chi connectivity index (χ0n) is 9.03. The molecule has 0 N–H and O–H groups in total. The molecular formula is C10H10F3N3O.